The van der Waals surface area contributed by atoms with Crippen LogP contribution in [0.25, 0.3) is 0 Å². The summed E-state index contributed by atoms with van der Waals surface area (Å²) in [7, 11) is -3.82. The third-order valence-electron chi connectivity index (χ3n) is 3.27. The zero-order chi connectivity index (χ0) is 14.3. The lowest BCUT2D eigenvalue weighted by Crippen LogP contribution is -2.29. The maximum Gasteiger partial charge on any atom is 0.416 e. The SMILES string of the molecule is Cc1c(C(F)(F)F)cccc1S(=O)(=O)N1CCCC1. The molecule has 0 aromatic heterocycles. The fourth-order valence-corrected chi connectivity index (χ4v) is 4.03. The average Bonchev–Trinajstić information content (AvgIpc) is 2.81. The molecule has 3 nitrogen and oxygen atoms in total. The quantitative estimate of drug-likeness (QED) is 0.841. The van der Waals surface area contributed by atoms with E-state index in [1.165, 1.54) is 17.3 Å². The molecule has 2 rings (SSSR count). The van der Waals surface area contributed by atoms with Gasteiger partial charge in [-0.05, 0) is 37.5 Å². The van der Waals surface area contributed by atoms with E-state index in [2.05, 4.69) is 0 Å². The minimum Gasteiger partial charge on any atom is -0.207 e. The van der Waals surface area contributed by atoms with E-state index in [0.29, 0.717) is 13.1 Å². The Hall–Kier alpha value is -1.08. The minimum absolute atomic E-state index is 0.234. The molecular formula is C12H14F3NO2S. The van der Waals surface area contributed by atoms with Crippen molar-refractivity contribution in [3.8, 4) is 0 Å². The van der Waals surface area contributed by atoms with Gasteiger partial charge in [0, 0.05) is 13.1 Å². The van der Waals surface area contributed by atoms with Gasteiger partial charge < -0.3 is 0 Å². The Balaban J connectivity index is 2.52. The van der Waals surface area contributed by atoms with Gasteiger partial charge in [-0.1, -0.05) is 6.07 Å². The summed E-state index contributed by atoms with van der Waals surface area (Å²) in [5.41, 5.74) is -1.13. The number of sulfonamides is 1. The van der Waals surface area contributed by atoms with Gasteiger partial charge in [-0.2, -0.15) is 17.5 Å². The van der Waals surface area contributed by atoms with Crippen LogP contribution in [0, 0.1) is 6.92 Å². The van der Waals surface area contributed by atoms with Crippen LogP contribution in [-0.4, -0.2) is 25.8 Å². The minimum atomic E-state index is -4.54. The van der Waals surface area contributed by atoms with E-state index in [1.54, 1.807) is 0 Å². The summed E-state index contributed by atoms with van der Waals surface area (Å²) in [6.45, 7) is 1.95. The summed E-state index contributed by atoms with van der Waals surface area (Å²) < 4.78 is 64.2. The molecule has 1 aromatic rings. The highest BCUT2D eigenvalue weighted by Crippen LogP contribution is 2.35. The molecule has 1 saturated heterocycles. The van der Waals surface area contributed by atoms with Gasteiger partial charge in [-0.3, -0.25) is 0 Å². The van der Waals surface area contributed by atoms with E-state index in [4.69, 9.17) is 0 Å². The topological polar surface area (TPSA) is 37.4 Å². The highest BCUT2D eigenvalue weighted by Gasteiger charge is 2.36. The molecule has 0 saturated carbocycles. The maximum atomic E-state index is 12.8. The predicted octanol–water partition coefficient (Wildman–Crippen LogP) is 2.80. The maximum absolute atomic E-state index is 12.8. The predicted molar refractivity (Wildman–Crippen MR) is 64.2 cm³/mol. The summed E-state index contributed by atoms with van der Waals surface area (Å²) in [5.74, 6) is 0. The highest BCUT2D eigenvalue weighted by atomic mass is 32.2. The van der Waals surface area contributed by atoms with Crippen molar-refractivity contribution in [2.75, 3.05) is 13.1 Å². The standard InChI is InChI=1S/C12H14F3NO2S/c1-9-10(12(13,14)15)5-4-6-11(9)19(17,18)16-7-2-3-8-16/h4-6H,2-3,7-8H2,1H3. The van der Waals surface area contributed by atoms with E-state index in [9.17, 15) is 21.6 Å². The van der Waals surface area contributed by atoms with Crippen molar-refractivity contribution in [3.05, 3.63) is 29.3 Å². The van der Waals surface area contributed by atoms with E-state index in [-0.39, 0.29) is 10.5 Å². The summed E-state index contributed by atoms with van der Waals surface area (Å²) in [4.78, 5) is -0.246. The lowest BCUT2D eigenvalue weighted by Gasteiger charge is -2.19. The second kappa shape index (κ2) is 4.79. The third-order valence-corrected chi connectivity index (χ3v) is 5.32. The van der Waals surface area contributed by atoms with Crippen LogP contribution >= 0.6 is 0 Å². The van der Waals surface area contributed by atoms with Gasteiger partial charge in [0.15, 0.2) is 0 Å². The van der Waals surface area contributed by atoms with Crippen LogP contribution in [0.2, 0.25) is 0 Å². The first-order valence-electron chi connectivity index (χ1n) is 5.91. The Labute approximate surface area is 110 Å². The smallest absolute Gasteiger partial charge is 0.207 e. The van der Waals surface area contributed by atoms with Crippen LogP contribution in [0.15, 0.2) is 23.1 Å². The van der Waals surface area contributed by atoms with Crippen LogP contribution < -0.4 is 0 Å². The molecule has 1 fully saturated rings. The number of alkyl halides is 3. The van der Waals surface area contributed by atoms with Crippen molar-refractivity contribution in [2.45, 2.75) is 30.8 Å². The molecule has 106 valence electrons. The lowest BCUT2D eigenvalue weighted by molar-refractivity contribution is -0.138. The molecule has 1 aliphatic rings. The number of benzene rings is 1. The Morgan fingerprint density at radius 3 is 2.26 bits per heavy atom. The van der Waals surface area contributed by atoms with Crippen molar-refractivity contribution in [1.29, 1.82) is 0 Å². The van der Waals surface area contributed by atoms with Crippen molar-refractivity contribution in [1.82, 2.24) is 4.31 Å². The van der Waals surface area contributed by atoms with Gasteiger partial charge in [0.2, 0.25) is 10.0 Å². The third kappa shape index (κ3) is 2.62. The average molecular weight is 293 g/mol. The first-order chi connectivity index (χ1) is 8.74. The van der Waals surface area contributed by atoms with Gasteiger partial charge in [0.05, 0.1) is 10.5 Å². The van der Waals surface area contributed by atoms with Crippen molar-refractivity contribution >= 4 is 10.0 Å². The number of halogens is 3. The van der Waals surface area contributed by atoms with Gasteiger partial charge in [0.25, 0.3) is 0 Å². The van der Waals surface area contributed by atoms with Crippen LogP contribution in [0.5, 0.6) is 0 Å². The molecule has 0 bridgehead atoms. The van der Waals surface area contributed by atoms with Crippen molar-refractivity contribution in [3.63, 3.8) is 0 Å². The highest BCUT2D eigenvalue weighted by molar-refractivity contribution is 7.89. The molecule has 1 aromatic carbocycles. The first-order valence-corrected chi connectivity index (χ1v) is 7.35. The molecule has 1 heterocycles. The molecule has 19 heavy (non-hydrogen) atoms. The number of rotatable bonds is 2. The second-order valence-electron chi connectivity index (χ2n) is 4.54. The molecule has 7 heteroatoms. The van der Waals surface area contributed by atoms with E-state index >= 15 is 0 Å². The van der Waals surface area contributed by atoms with Crippen LogP contribution in [0.4, 0.5) is 13.2 Å². The number of hydrogen-bond donors (Lipinski definition) is 0. The van der Waals surface area contributed by atoms with E-state index in [0.717, 1.165) is 25.0 Å². The van der Waals surface area contributed by atoms with Gasteiger partial charge in [-0.25, -0.2) is 8.42 Å². The Morgan fingerprint density at radius 2 is 1.74 bits per heavy atom. The second-order valence-corrected chi connectivity index (χ2v) is 6.44. The van der Waals surface area contributed by atoms with Crippen molar-refractivity contribution < 1.29 is 21.6 Å². The fraction of sp³-hybridized carbons (Fsp3) is 0.500. The Kier molecular flexibility index (Phi) is 3.61. The normalized spacial score (nSPS) is 17.9. The van der Waals surface area contributed by atoms with Crippen LogP contribution in [0.3, 0.4) is 0 Å². The first kappa shape index (κ1) is 14.3. The molecular weight excluding hydrogens is 279 g/mol. The van der Waals surface area contributed by atoms with Gasteiger partial charge in [-0.15, -0.1) is 0 Å². The summed E-state index contributed by atoms with van der Waals surface area (Å²) in [6.07, 6.45) is -3.05. The molecule has 0 unspecified atom stereocenters. The lowest BCUT2D eigenvalue weighted by atomic mass is 10.1. The Bertz CT molecular complexity index is 575. The molecule has 0 atom stereocenters. The van der Waals surface area contributed by atoms with Crippen LogP contribution in [-0.2, 0) is 16.2 Å². The van der Waals surface area contributed by atoms with Crippen LogP contribution in [0.1, 0.15) is 24.0 Å². The van der Waals surface area contributed by atoms with Gasteiger partial charge in [0.1, 0.15) is 0 Å². The molecule has 0 spiro atoms. The molecule has 1 aliphatic heterocycles. The van der Waals surface area contributed by atoms with E-state index in [1.807, 2.05) is 0 Å². The summed E-state index contributed by atoms with van der Waals surface area (Å²) >= 11 is 0. The molecule has 0 N–H and O–H groups in total. The fourth-order valence-electron chi connectivity index (χ4n) is 2.27. The largest absolute Gasteiger partial charge is 0.416 e. The molecule has 0 radical (unpaired) electrons. The molecule has 0 amide bonds. The monoisotopic (exact) mass is 293 g/mol. The summed E-state index contributed by atoms with van der Waals surface area (Å²) in [5, 5.41) is 0. The van der Waals surface area contributed by atoms with E-state index < -0.39 is 21.8 Å². The number of hydrogen-bond acceptors (Lipinski definition) is 2. The molecule has 0 aliphatic carbocycles. The summed E-state index contributed by atoms with van der Waals surface area (Å²) in [6, 6.07) is 3.27. The zero-order valence-corrected chi connectivity index (χ0v) is 11.2. The van der Waals surface area contributed by atoms with Crippen molar-refractivity contribution in [2.24, 2.45) is 0 Å². The zero-order valence-electron chi connectivity index (χ0n) is 10.4. The number of nitrogens with zero attached hydrogens (tertiary/aromatic N) is 1. The Morgan fingerprint density at radius 1 is 1.16 bits per heavy atom. The van der Waals surface area contributed by atoms with Gasteiger partial charge >= 0.3 is 6.18 Å².